The zero-order valence-corrected chi connectivity index (χ0v) is 15.4. The van der Waals surface area contributed by atoms with E-state index < -0.39 is 0 Å². The smallest absolute Gasteiger partial charge is 0.290 e. The van der Waals surface area contributed by atoms with Gasteiger partial charge in [0.2, 0.25) is 0 Å². The van der Waals surface area contributed by atoms with Gasteiger partial charge in [0.25, 0.3) is 5.91 Å². The van der Waals surface area contributed by atoms with Crippen molar-refractivity contribution >= 4 is 5.91 Å². The maximum absolute atomic E-state index is 12.8. The molecule has 4 nitrogen and oxygen atoms in total. The number of piperazine rings is 1. The predicted octanol–water partition coefficient (Wildman–Crippen LogP) is 3.76. The van der Waals surface area contributed by atoms with Crippen LogP contribution < -0.4 is 0 Å². The SMILES string of the molecule is Cc1ccoc1C(=O)N1C[C@@H](C)N(CCCc2ccccc2)C[C@@H]1C. The average Bonchev–Trinajstić information content (AvgIpc) is 3.04. The summed E-state index contributed by atoms with van der Waals surface area (Å²) in [7, 11) is 0. The Kier molecular flexibility index (Phi) is 5.59. The molecule has 0 bridgehead atoms. The molecule has 0 radical (unpaired) electrons. The van der Waals surface area contributed by atoms with Gasteiger partial charge < -0.3 is 9.32 Å². The van der Waals surface area contributed by atoms with Gasteiger partial charge in [0.15, 0.2) is 5.76 Å². The summed E-state index contributed by atoms with van der Waals surface area (Å²) in [6.45, 7) is 9.01. The normalized spacial score (nSPS) is 21.5. The van der Waals surface area contributed by atoms with E-state index in [0.29, 0.717) is 11.8 Å². The van der Waals surface area contributed by atoms with Gasteiger partial charge in [0.1, 0.15) is 0 Å². The van der Waals surface area contributed by atoms with Crippen LogP contribution in [0.2, 0.25) is 0 Å². The van der Waals surface area contributed by atoms with Crippen molar-refractivity contribution in [1.82, 2.24) is 9.80 Å². The summed E-state index contributed by atoms with van der Waals surface area (Å²) in [6, 6.07) is 13.0. The average molecular weight is 340 g/mol. The summed E-state index contributed by atoms with van der Waals surface area (Å²) in [4.78, 5) is 17.2. The van der Waals surface area contributed by atoms with E-state index in [4.69, 9.17) is 4.42 Å². The second-order valence-electron chi connectivity index (χ2n) is 7.17. The molecule has 25 heavy (non-hydrogen) atoms. The summed E-state index contributed by atoms with van der Waals surface area (Å²) in [6.07, 6.45) is 3.84. The Hall–Kier alpha value is -2.07. The van der Waals surface area contributed by atoms with E-state index in [-0.39, 0.29) is 11.9 Å². The molecule has 1 fully saturated rings. The molecule has 2 heterocycles. The van der Waals surface area contributed by atoms with Gasteiger partial charge in [-0.1, -0.05) is 30.3 Å². The summed E-state index contributed by atoms with van der Waals surface area (Å²) < 4.78 is 5.40. The van der Waals surface area contributed by atoms with Crippen LogP contribution in [0.15, 0.2) is 47.1 Å². The van der Waals surface area contributed by atoms with Crippen LogP contribution in [0.5, 0.6) is 0 Å². The Morgan fingerprint density at radius 2 is 1.88 bits per heavy atom. The fourth-order valence-electron chi connectivity index (χ4n) is 3.65. The van der Waals surface area contributed by atoms with Crippen molar-refractivity contribution in [3.63, 3.8) is 0 Å². The second kappa shape index (κ2) is 7.87. The fourth-order valence-corrected chi connectivity index (χ4v) is 3.65. The van der Waals surface area contributed by atoms with Gasteiger partial charge in [-0.25, -0.2) is 0 Å². The molecule has 1 amide bonds. The van der Waals surface area contributed by atoms with Crippen LogP contribution in [-0.2, 0) is 6.42 Å². The number of carbonyl (C=O) groups excluding carboxylic acids is 1. The van der Waals surface area contributed by atoms with Gasteiger partial charge in [-0.3, -0.25) is 9.69 Å². The molecule has 2 aromatic rings. The fraction of sp³-hybridized carbons (Fsp3) is 0.476. The monoisotopic (exact) mass is 340 g/mol. The second-order valence-corrected chi connectivity index (χ2v) is 7.17. The highest BCUT2D eigenvalue weighted by Gasteiger charge is 2.33. The number of aryl methyl sites for hydroxylation is 2. The lowest BCUT2D eigenvalue weighted by atomic mass is 10.1. The minimum absolute atomic E-state index is 0.0192. The maximum Gasteiger partial charge on any atom is 0.290 e. The Balaban J connectivity index is 1.55. The van der Waals surface area contributed by atoms with E-state index in [1.54, 1.807) is 6.26 Å². The molecule has 0 N–H and O–H groups in total. The van der Waals surface area contributed by atoms with Crippen LogP contribution in [-0.4, -0.2) is 47.4 Å². The van der Waals surface area contributed by atoms with Crippen LogP contribution in [0.3, 0.4) is 0 Å². The molecule has 0 spiro atoms. The lowest BCUT2D eigenvalue weighted by Crippen LogP contribution is -2.58. The first-order chi connectivity index (χ1) is 12.1. The summed E-state index contributed by atoms with van der Waals surface area (Å²) in [5, 5.41) is 0. The molecule has 0 saturated carbocycles. The Morgan fingerprint density at radius 1 is 1.12 bits per heavy atom. The number of benzene rings is 1. The van der Waals surface area contributed by atoms with Crippen LogP contribution in [0.1, 0.15) is 41.9 Å². The molecule has 1 aliphatic heterocycles. The third kappa shape index (κ3) is 4.13. The number of furan rings is 1. The zero-order valence-electron chi connectivity index (χ0n) is 15.4. The third-order valence-electron chi connectivity index (χ3n) is 5.19. The number of carbonyl (C=O) groups is 1. The van der Waals surface area contributed by atoms with Gasteiger partial charge in [-0.15, -0.1) is 0 Å². The highest BCUT2D eigenvalue weighted by atomic mass is 16.3. The van der Waals surface area contributed by atoms with E-state index in [1.807, 2.05) is 17.9 Å². The van der Waals surface area contributed by atoms with E-state index in [9.17, 15) is 4.79 Å². The van der Waals surface area contributed by atoms with Crippen molar-refractivity contribution in [3.05, 3.63) is 59.5 Å². The quantitative estimate of drug-likeness (QED) is 0.832. The molecule has 134 valence electrons. The highest BCUT2D eigenvalue weighted by molar-refractivity contribution is 5.93. The van der Waals surface area contributed by atoms with Gasteiger partial charge >= 0.3 is 0 Å². The Labute approximate surface area is 150 Å². The Bertz CT molecular complexity index is 695. The molecule has 2 atom stereocenters. The van der Waals surface area contributed by atoms with Crippen molar-refractivity contribution in [2.24, 2.45) is 0 Å². The van der Waals surface area contributed by atoms with Gasteiger partial charge in [-0.2, -0.15) is 0 Å². The first-order valence-corrected chi connectivity index (χ1v) is 9.19. The minimum Gasteiger partial charge on any atom is -0.459 e. The van der Waals surface area contributed by atoms with Crippen LogP contribution in [0, 0.1) is 6.92 Å². The number of rotatable bonds is 5. The Morgan fingerprint density at radius 3 is 2.56 bits per heavy atom. The number of nitrogens with zero attached hydrogens (tertiary/aromatic N) is 2. The van der Waals surface area contributed by atoms with Gasteiger partial charge in [0, 0.05) is 30.7 Å². The number of hydrogen-bond acceptors (Lipinski definition) is 3. The largest absolute Gasteiger partial charge is 0.459 e. The molecule has 1 aliphatic rings. The molecule has 4 heteroatoms. The minimum atomic E-state index is 0.0192. The standard InChI is InChI=1S/C21H28N2O2/c1-16-11-13-25-20(16)21(24)23-15-17(2)22(14-18(23)3)12-7-10-19-8-5-4-6-9-19/h4-6,8-9,11,13,17-18H,7,10,12,14-15H2,1-3H3/t17-,18+/m1/s1. The van der Waals surface area contributed by atoms with Gasteiger partial charge in [-0.05, 0) is 51.8 Å². The molecule has 1 aromatic heterocycles. The topological polar surface area (TPSA) is 36.7 Å². The summed E-state index contributed by atoms with van der Waals surface area (Å²) >= 11 is 0. The first-order valence-electron chi connectivity index (χ1n) is 9.19. The molecule has 0 unspecified atom stereocenters. The van der Waals surface area contributed by atoms with Crippen molar-refractivity contribution in [1.29, 1.82) is 0 Å². The summed E-state index contributed by atoms with van der Waals surface area (Å²) in [5.41, 5.74) is 2.31. The lowest BCUT2D eigenvalue weighted by Gasteiger charge is -2.44. The van der Waals surface area contributed by atoms with Crippen molar-refractivity contribution in [3.8, 4) is 0 Å². The molecule has 1 aromatic carbocycles. The molecule has 3 rings (SSSR count). The van der Waals surface area contributed by atoms with Crippen molar-refractivity contribution in [2.45, 2.75) is 45.7 Å². The number of amides is 1. The van der Waals surface area contributed by atoms with E-state index in [0.717, 1.165) is 38.0 Å². The third-order valence-corrected chi connectivity index (χ3v) is 5.19. The molecular formula is C21H28N2O2. The van der Waals surface area contributed by atoms with Crippen LogP contribution in [0.25, 0.3) is 0 Å². The zero-order chi connectivity index (χ0) is 17.8. The molecule has 0 aliphatic carbocycles. The van der Waals surface area contributed by atoms with Crippen molar-refractivity contribution < 1.29 is 9.21 Å². The van der Waals surface area contributed by atoms with Gasteiger partial charge in [0.05, 0.1) is 6.26 Å². The van der Waals surface area contributed by atoms with Crippen LogP contribution >= 0.6 is 0 Å². The van der Waals surface area contributed by atoms with Crippen molar-refractivity contribution in [2.75, 3.05) is 19.6 Å². The molecular weight excluding hydrogens is 312 g/mol. The number of hydrogen-bond donors (Lipinski definition) is 0. The first kappa shape index (κ1) is 17.7. The molecule has 1 saturated heterocycles. The van der Waals surface area contributed by atoms with E-state index in [1.165, 1.54) is 5.56 Å². The predicted molar refractivity (Wildman–Crippen MR) is 99.7 cm³/mol. The van der Waals surface area contributed by atoms with E-state index in [2.05, 4.69) is 49.1 Å². The van der Waals surface area contributed by atoms with E-state index >= 15 is 0 Å². The maximum atomic E-state index is 12.8. The summed E-state index contributed by atoms with van der Waals surface area (Å²) in [5.74, 6) is 0.502. The lowest BCUT2D eigenvalue weighted by molar-refractivity contribution is 0.0290. The highest BCUT2D eigenvalue weighted by Crippen LogP contribution is 2.20. The van der Waals surface area contributed by atoms with Crippen LogP contribution in [0.4, 0.5) is 0 Å².